The van der Waals surface area contributed by atoms with Crippen molar-refractivity contribution in [1.29, 1.82) is 0 Å². The van der Waals surface area contributed by atoms with Crippen LogP contribution in [-0.2, 0) is 14.3 Å². The monoisotopic (exact) mass is 230 g/mol. The van der Waals surface area contributed by atoms with Crippen LogP contribution >= 0.6 is 0 Å². The van der Waals surface area contributed by atoms with E-state index in [2.05, 4.69) is 5.32 Å². The van der Waals surface area contributed by atoms with Gasteiger partial charge in [0.2, 0.25) is 11.8 Å². The topological polar surface area (TPSA) is 58.6 Å². The zero-order chi connectivity index (χ0) is 12.6. The highest BCUT2D eigenvalue weighted by Crippen LogP contribution is 1.94. The number of rotatable bonds is 7. The van der Waals surface area contributed by atoms with Crippen molar-refractivity contribution in [3.63, 3.8) is 0 Å². The van der Waals surface area contributed by atoms with Crippen molar-refractivity contribution in [2.24, 2.45) is 0 Å². The molecule has 16 heavy (non-hydrogen) atoms. The molecule has 0 aromatic carbocycles. The van der Waals surface area contributed by atoms with Crippen LogP contribution in [0.3, 0.4) is 0 Å². The van der Waals surface area contributed by atoms with Gasteiger partial charge in [0.15, 0.2) is 0 Å². The van der Waals surface area contributed by atoms with Crippen LogP contribution in [-0.4, -0.2) is 49.1 Å². The summed E-state index contributed by atoms with van der Waals surface area (Å²) in [4.78, 5) is 24.4. The molecule has 0 atom stereocenters. The molecule has 0 saturated heterocycles. The van der Waals surface area contributed by atoms with Crippen molar-refractivity contribution in [3.8, 4) is 0 Å². The maximum absolute atomic E-state index is 11.6. The van der Waals surface area contributed by atoms with Crippen LogP contribution in [0.1, 0.15) is 27.7 Å². The number of hydrogen-bond donors (Lipinski definition) is 1. The zero-order valence-corrected chi connectivity index (χ0v) is 10.6. The van der Waals surface area contributed by atoms with Gasteiger partial charge in [-0.2, -0.15) is 0 Å². The average molecular weight is 230 g/mol. The first kappa shape index (κ1) is 14.9. The zero-order valence-electron chi connectivity index (χ0n) is 10.6. The molecular weight excluding hydrogens is 208 g/mol. The average Bonchev–Trinajstić information content (AvgIpc) is 2.22. The van der Waals surface area contributed by atoms with E-state index in [4.69, 9.17) is 4.74 Å². The lowest BCUT2D eigenvalue weighted by Gasteiger charge is -2.20. The van der Waals surface area contributed by atoms with Crippen molar-refractivity contribution in [1.82, 2.24) is 10.2 Å². The number of carbonyl (C=O) groups is 2. The highest BCUT2D eigenvalue weighted by molar-refractivity contribution is 5.85. The van der Waals surface area contributed by atoms with Crippen LogP contribution < -0.4 is 5.32 Å². The molecule has 0 aromatic heterocycles. The highest BCUT2D eigenvalue weighted by atomic mass is 16.5. The first-order valence-electron chi connectivity index (χ1n) is 5.67. The number of carbonyl (C=O) groups excluding carboxylic acids is 2. The second-order valence-corrected chi connectivity index (χ2v) is 3.72. The maximum Gasteiger partial charge on any atom is 0.249 e. The minimum absolute atomic E-state index is 0.0205. The molecular formula is C11H22N2O3. The molecule has 0 aliphatic heterocycles. The van der Waals surface area contributed by atoms with Gasteiger partial charge in [0, 0.05) is 13.1 Å². The molecule has 1 N–H and O–H groups in total. The molecule has 0 unspecified atom stereocenters. The summed E-state index contributed by atoms with van der Waals surface area (Å²) < 4.78 is 5.21. The predicted molar refractivity (Wildman–Crippen MR) is 62.0 cm³/mol. The van der Waals surface area contributed by atoms with Crippen molar-refractivity contribution in [3.05, 3.63) is 0 Å². The molecule has 0 aliphatic rings. The van der Waals surface area contributed by atoms with Crippen LogP contribution in [0.5, 0.6) is 0 Å². The van der Waals surface area contributed by atoms with Gasteiger partial charge in [-0.1, -0.05) is 0 Å². The first-order valence-corrected chi connectivity index (χ1v) is 5.67. The number of hydrogen-bond acceptors (Lipinski definition) is 3. The predicted octanol–water partition coefficient (Wildman–Crippen LogP) is 0.396. The quantitative estimate of drug-likeness (QED) is 0.688. The SMILES string of the molecule is CCNC(=O)CN(CC)C(=O)COC(C)C. The molecule has 0 bridgehead atoms. The summed E-state index contributed by atoms with van der Waals surface area (Å²) in [6.45, 7) is 8.64. The summed E-state index contributed by atoms with van der Waals surface area (Å²) in [5.74, 6) is -0.287. The van der Waals surface area contributed by atoms with Gasteiger partial charge in [0.25, 0.3) is 0 Å². The Balaban J connectivity index is 4.06. The van der Waals surface area contributed by atoms with Gasteiger partial charge in [0.05, 0.1) is 12.6 Å². The van der Waals surface area contributed by atoms with Gasteiger partial charge < -0.3 is 15.0 Å². The molecule has 0 aliphatic carbocycles. The van der Waals surface area contributed by atoms with E-state index in [1.54, 1.807) is 0 Å². The van der Waals surface area contributed by atoms with E-state index >= 15 is 0 Å². The Morgan fingerprint density at radius 2 is 1.94 bits per heavy atom. The third-order valence-corrected chi connectivity index (χ3v) is 1.98. The number of nitrogens with zero attached hydrogens (tertiary/aromatic N) is 1. The molecule has 5 nitrogen and oxygen atoms in total. The van der Waals surface area contributed by atoms with Crippen molar-refractivity contribution in [2.45, 2.75) is 33.8 Å². The van der Waals surface area contributed by atoms with Crippen molar-refractivity contribution < 1.29 is 14.3 Å². The summed E-state index contributed by atoms with van der Waals surface area (Å²) in [5.41, 5.74) is 0. The molecule has 0 radical (unpaired) electrons. The van der Waals surface area contributed by atoms with Gasteiger partial charge in [0.1, 0.15) is 6.61 Å². The number of likely N-dealkylation sites (N-methyl/N-ethyl adjacent to an activating group) is 2. The molecule has 0 saturated carbocycles. The lowest BCUT2D eigenvalue weighted by Crippen LogP contribution is -2.42. The van der Waals surface area contributed by atoms with Gasteiger partial charge in [-0.3, -0.25) is 9.59 Å². The largest absolute Gasteiger partial charge is 0.369 e. The fourth-order valence-corrected chi connectivity index (χ4v) is 1.13. The third kappa shape index (κ3) is 6.40. The molecule has 0 rings (SSSR count). The van der Waals surface area contributed by atoms with Crippen molar-refractivity contribution >= 4 is 11.8 Å². The van der Waals surface area contributed by atoms with E-state index in [1.165, 1.54) is 4.90 Å². The molecule has 0 fully saturated rings. The Hall–Kier alpha value is -1.10. The fraction of sp³-hybridized carbons (Fsp3) is 0.818. The van der Waals surface area contributed by atoms with Gasteiger partial charge >= 0.3 is 0 Å². The fourth-order valence-electron chi connectivity index (χ4n) is 1.13. The summed E-state index contributed by atoms with van der Waals surface area (Å²) >= 11 is 0. The van der Waals surface area contributed by atoms with Crippen LogP contribution in [0, 0.1) is 0 Å². The number of amides is 2. The van der Waals surface area contributed by atoms with E-state index in [0.717, 1.165) is 0 Å². The van der Waals surface area contributed by atoms with Gasteiger partial charge in [-0.15, -0.1) is 0 Å². The third-order valence-electron chi connectivity index (χ3n) is 1.98. The Bertz CT molecular complexity index is 229. The maximum atomic E-state index is 11.6. The minimum atomic E-state index is -0.151. The second kappa shape index (κ2) is 8.10. The molecule has 0 aromatic rings. The molecule has 94 valence electrons. The second-order valence-electron chi connectivity index (χ2n) is 3.72. The standard InChI is InChI=1S/C11H22N2O3/c1-5-12-10(14)7-13(6-2)11(15)8-16-9(3)4/h9H,5-8H2,1-4H3,(H,12,14). The van der Waals surface area contributed by atoms with E-state index in [1.807, 2.05) is 27.7 Å². The number of ether oxygens (including phenoxy) is 1. The van der Waals surface area contributed by atoms with Gasteiger partial charge in [-0.25, -0.2) is 0 Å². The Kier molecular flexibility index (Phi) is 7.54. The normalized spacial score (nSPS) is 10.3. The van der Waals surface area contributed by atoms with E-state index in [0.29, 0.717) is 13.1 Å². The Morgan fingerprint density at radius 3 is 2.38 bits per heavy atom. The van der Waals surface area contributed by atoms with Gasteiger partial charge in [-0.05, 0) is 27.7 Å². The molecule has 5 heteroatoms. The molecule has 0 heterocycles. The Labute approximate surface area is 97.1 Å². The summed E-state index contributed by atoms with van der Waals surface area (Å²) in [6, 6.07) is 0. The van der Waals surface area contributed by atoms with Crippen LogP contribution in [0.25, 0.3) is 0 Å². The van der Waals surface area contributed by atoms with E-state index < -0.39 is 0 Å². The Morgan fingerprint density at radius 1 is 1.31 bits per heavy atom. The molecule has 2 amide bonds. The highest BCUT2D eigenvalue weighted by Gasteiger charge is 2.15. The first-order chi connectivity index (χ1) is 7.51. The lowest BCUT2D eigenvalue weighted by molar-refractivity contribution is -0.140. The smallest absolute Gasteiger partial charge is 0.249 e. The van der Waals surface area contributed by atoms with E-state index in [-0.39, 0.29) is 31.1 Å². The lowest BCUT2D eigenvalue weighted by atomic mass is 10.4. The summed E-state index contributed by atoms with van der Waals surface area (Å²) in [5, 5.41) is 2.66. The van der Waals surface area contributed by atoms with Crippen LogP contribution in [0.15, 0.2) is 0 Å². The number of nitrogens with one attached hydrogen (secondary N) is 1. The van der Waals surface area contributed by atoms with E-state index in [9.17, 15) is 9.59 Å². The van der Waals surface area contributed by atoms with Crippen LogP contribution in [0.4, 0.5) is 0 Å². The summed E-state index contributed by atoms with van der Waals surface area (Å²) in [6.07, 6.45) is 0.0205. The van der Waals surface area contributed by atoms with Crippen LogP contribution in [0.2, 0.25) is 0 Å². The minimum Gasteiger partial charge on any atom is -0.369 e. The summed E-state index contributed by atoms with van der Waals surface area (Å²) in [7, 11) is 0. The molecule has 0 spiro atoms. The van der Waals surface area contributed by atoms with Crippen molar-refractivity contribution in [2.75, 3.05) is 26.2 Å².